The van der Waals surface area contributed by atoms with E-state index in [1.807, 2.05) is 0 Å². The summed E-state index contributed by atoms with van der Waals surface area (Å²) < 4.78 is 44.2. The zero-order chi connectivity index (χ0) is 15.3. The number of alkyl halides is 3. The summed E-state index contributed by atoms with van der Waals surface area (Å²) in [7, 11) is 1.29. The highest BCUT2D eigenvalue weighted by molar-refractivity contribution is 5.78. The fourth-order valence-electron chi connectivity index (χ4n) is 2.86. The van der Waals surface area contributed by atoms with Crippen molar-refractivity contribution in [3.05, 3.63) is 29.3 Å². The second kappa shape index (κ2) is 4.40. The van der Waals surface area contributed by atoms with Crippen molar-refractivity contribution in [2.45, 2.75) is 25.9 Å². The average Bonchev–Trinajstić information content (AvgIpc) is 2.90. The molecule has 2 rings (SSSR count). The molecule has 1 N–H and O–H groups in total. The fourth-order valence-corrected chi connectivity index (χ4v) is 2.86. The van der Waals surface area contributed by atoms with Gasteiger partial charge in [0.2, 0.25) is 0 Å². The molecule has 1 fully saturated rings. The van der Waals surface area contributed by atoms with Gasteiger partial charge in [-0.1, -0.05) is 19.9 Å². The molecule has 0 saturated heterocycles. The molecule has 0 heterocycles. The summed E-state index contributed by atoms with van der Waals surface area (Å²) in [5.74, 6) is -2.39. The van der Waals surface area contributed by atoms with Crippen LogP contribution in [-0.2, 0) is 11.0 Å². The molecule has 1 saturated carbocycles. The van der Waals surface area contributed by atoms with Crippen LogP contribution in [0.1, 0.15) is 30.9 Å². The minimum Gasteiger partial charge on any atom is -0.497 e. The number of halogens is 3. The highest BCUT2D eigenvalue weighted by Crippen LogP contribution is 2.65. The van der Waals surface area contributed by atoms with E-state index in [0.29, 0.717) is 0 Å². The first-order valence-electron chi connectivity index (χ1n) is 6.08. The SMILES string of the molecule is COc1ccc(C2C(C(=O)O)C2(C)C)c(C(F)(F)F)c1. The summed E-state index contributed by atoms with van der Waals surface area (Å²) in [4.78, 5) is 11.1. The highest BCUT2D eigenvalue weighted by Gasteiger charge is 2.64. The molecule has 3 nitrogen and oxygen atoms in total. The summed E-state index contributed by atoms with van der Waals surface area (Å²) in [6.07, 6.45) is -4.54. The Morgan fingerprint density at radius 3 is 2.35 bits per heavy atom. The van der Waals surface area contributed by atoms with Crippen molar-refractivity contribution < 1.29 is 27.8 Å². The average molecular weight is 288 g/mol. The van der Waals surface area contributed by atoms with Gasteiger partial charge < -0.3 is 9.84 Å². The topological polar surface area (TPSA) is 46.5 Å². The van der Waals surface area contributed by atoms with Crippen molar-refractivity contribution in [2.75, 3.05) is 7.11 Å². The van der Waals surface area contributed by atoms with Crippen LogP contribution in [0.5, 0.6) is 5.75 Å². The van der Waals surface area contributed by atoms with Gasteiger partial charge in [-0.3, -0.25) is 4.79 Å². The Bertz CT molecular complexity index is 549. The molecule has 0 aliphatic heterocycles. The third-order valence-electron chi connectivity index (χ3n) is 3.99. The number of hydrogen-bond donors (Lipinski definition) is 1. The molecule has 1 aliphatic rings. The van der Waals surface area contributed by atoms with Crippen molar-refractivity contribution >= 4 is 5.97 Å². The molecular weight excluding hydrogens is 273 g/mol. The molecule has 1 aromatic rings. The lowest BCUT2D eigenvalue weighted by Gasteiger charge is -2.15. The number of rotatable bonds is 3. The van der Waals surface area contributed by atoms with Crippen LogP contribution < -0.4 is 4.74 Å². The number of methoxy groups -OCH3 is 1. The summed E-state index contributed by atoms with van der Waals surface area (Å²) >= 11 is 0. The van der Waals surface area contributed by atoms with Gasteiger partial charge in [-0.25, -0.2) is 0 Å². The van der Waals surface area contributed by atoms with Crippen LogP contribution in [0.2, 0.25) is 0 Å². The molecule has 6 heteroatoms. The number of ether oxygens (including phenoxy) is 1. The molecule has 0 radical (unpaired) electrons. The van der Waals surface area contributed by atoms with E-state index in [9.17, 15) is 18.0 Å². The predicted molar refractivity (Wildman–Crippen MR) is 65.6 cm³/mol. The Hall–Kier alpha value is -1.72. The molecule has 0 spiro atoms. The molecule has 1 aliphatic carbocycles. The van der Waals surface area contributed by atoms with Crippen molar-refractivity contribution in [3.8, 4) is 5.75 Å². The van der Waals surface area contributed by atoms with Crippen LogP contribution >= 0.6 is 0 Å². The van der Waals surface area contributed by atoms with Crippen LogP contribution in [0.15, 0.2) is 18.2 Å². The molecule has 20 heavy (non-hydrogen) atoms. The van der Waals surface area contributed by atoms with Gasteiger partial charge in [0.1, 0.15) is 5.75 Å². The van der Waals surface area contributed by atoms with E-state index in [0.717, 1.165) is 6.07 Å². The molecule has 110 valence electrons. The second-order valence-electron chi connectivity index (χ2n) is 5.57. The van der Waals surface area contributed by atoms with Crippen LogP contribution in [0.3, 0.4) is 0 Å². The van der Waals surface area contributed by atoms with Gasteiger partial charge in [0.15, 0.2) is 0 Å². The molecule has 2 atom stereocenters. The number of carboxylic acid groups (broad SMARTS) is 1. The van der Waals surface area contributed by atoms with Gasteiger partial charge in [0.25, 0.3) is 0 Å². The lowest BCUT2D eigenvalue weighted by molar-refractivity contribution is -0.140. The van der Waals surface area contributed by atoms with E-state index in [4.69, 9.17) is 9.84 Å². The molecule has 1 aromatic carbocycles. The maximum absolute atomic E-state index is 13.1. The Kier molecular flexibility index (Phi) is 3.23. The van der Waals surface area contributed by atoms with E-state index in [1.54, 1.807) is 13.8 Å². The summed E-state index contributed by atoms with van der Waals surface area (Å²) in [5.41, 5.74) is -1.48. The van der Waals surface area contributed by atoms with E-state index in [-0.39, 0.29) is 11.3 Å². The zero-order valence-corrected chi connectivity index (χ0v) is 11.3. The van der Waals surface area contributed by atoms with Gasteiger partial charge in [-0.05, 0) is 23.1 Å². The molecule has 0 bridgehead atoms. The van der Waals surface area contributed by atoms with Crippen LogP contribution in [0.4, 0.5) is 13.2 Å². The number of hydrogen-bond acceptors (Lipinski definition) is 2. The molecule has 2 unspecified atom stereocenters. The number of benzene rings is 1. The van der Waals surface area contributed by atoms with Gasteiger partial charge in [-0.15, -0.1) is 0 Å². The third-order valence-corrected chi connectivity index (χ3v) is 3.99. The first-order chi connectivity index (χ1) is 9.10. The Labute approximate surface area is 114 Å². The normalized spacial score (nSPS) is 24.3. The molecular formula is C14H15F3O3. The summed E-state index contributed by atoms with van der Waals surface area (Å²) in [6, 6.07) is 3.66. The third kappa shape index (κ3) is 2.23. The van der Waals surface area contributed by atoms with Crippen LogP contribution in [0.25, 0.3) is 0 Å². The zero-order valence-electron chi connectivity index (χ0n) is 11.3. The quantitative estimate of drug-likeness (QED) is 0.925. The van der Waals surface area contributed by atoms with Crippen molar-refractivity contribution in [1.82, 2.24) is 0 Å². The van der Waals surface area contributed by atoms with Gasteiger partial charge in [0.05, 0.1) is 18.6 Å². The largest absolute Gasteiger partial charge is 0.497 e. The van der Waals surface area contributed by atoms with Crippen molar-refractivity contribution in [2.24, 2.45) is 11.3 Å². The fraction of sp³-hybridized carbons (Fsp3) is 0.500. The number of aliphatic carboxylic acids is 1. The second-order valence-corrected chi connectivity index (χ2v) is 5.57. The Morgan fingerprint density at radius 1 is 1.35 bits per heavy atom. The van der Waals surface area contributed by atoms with E-state index in [2.05, 4.69) is 0 Å². The molecule has 0 aromatic heterocycles. The number of carbonyl (C=O) groups is 1. The van der Waals surface area contributed by atoms with E-state index < -0.39 is 35.0 Å². The van der Waals surface area contributed by atoms with E-state index in [1.165, 1.54) is 19.2 Å². The first-order valence-corrected chi connectivity index (χ1v) is 6.08. The van der Waals surface area contributed by atoms with Gasteiger partial charge in [0, 0.05) is 5.92 Å². The first kappa shape index (κ1) is 14.7. The van der Waals surface area contributed by atoms with Crippen molar-refractivity contribution in [1.29, 1.82) is 0 Å². The smallest absolute Gasteiger partial charge is 0.416 e. The monoisotopic (exact) mass is 288 g/mol. The number of carboxylic acids is 1. The minimum atomic E-state index is -4.54. The summed E-state index contributed by atoms with van der Waals surface area (Å²) in [5, 5.41) is 9.11. The van der Waals surface area contributed by atoms with Crippen molar-refractivity contribution in [3.63, 3.8) is 0 Å². The highest BCUT2D eigenvalue weighted by atomic mass is 19.4. The minimum absolute atomic E-state index is 0.0238. The lowest BCUT2D eigenvalue weighted by Crippen LogP contribution is -2.10. The molecule has 0 amide bonds. The Morgan fingerprint density at radius 2 is 1.95 bits per heavy atom. The van der Waals surface area contributed by atoms with E-state index >= 15 is 0 Å². The lowest BCUT2D eigenvalue weighted by atomic mass is 9.97. The summed E-state index contributed by atoms with van der Waals surface area (Å²) in [6.45, 7) is 3.33. The maximum Gasteiger partial charge on any atom is 0.416 e. The van der Waals surface area contributed by atoms with Crippen LogP contribution in [0, 0.1) is 11.3 Å². The maximum atomic E-state index is 13.1. The van der Waals surface area contributed by atoms with Crippen LogP contribution in [-0.4, -0.2) is 18.2 Å². The Balaban J connectivity index is 2.51. The standard InChI is InChI=1S/C14H15F3O3/c1-13(2)10(11(13)12(18)19)8-5-4-7(20-3)6-9(8)14(15,16)17/h4-6,10-11H,1-3H3,(H,18,19). The van der Waals surface area contributed by atoms with Gasteiger partial charge in [-0.2, -0.15) is 13.2 Å². The van der Waals surface area contributed by atoms with Gasteiger partial charge >= 0.3 is 12.1 Å². The predicted octanol–water partition coefficient (Wildman–Crippen LogP) is 3.54.